The molecule has 0 saturated carbocycles. The number of benzene rings is 3. The van der Waals surface area contributed by atoms with Crippen LogP contribution in [0.3, 0.4) is 0 Å². The maximum absolute atomic E-state index is 13.6. The topological polar surface area (TPSA) is 111 Å². The first-order valence-electron chi connectivity index (χ1n) is 13.1. The highest BCUT2D eigenvalue weighted by molar-refractivity contribution is 8.00. The van der Waals surface area contributed by atoms with Gasteiger partial charge in [0.1, 0.15) is 31.3 Å². The fourth-order valence-corrected chi connectivity index (χ4v) is 6.49. The largest absolute Gasteiger partial charge is 0.507 e. The van der Waals surface area contributed by atoms with E-state index in [0.717, 1.165) is 5.56 Å². The van der Waals surface area contributed by atoms with E-state index < -0.39 is 17.7 Å². The first-order valence-corrected chi connectivity index (χ1v) is 14.9. The Morgan fingerprint density at radius 2 is 1.81 bits per heavy atom. The summed E-state index contributed by atoms with van der Waals surface area (Å²) in [7, 11) is 0. The second-order valence-electron chi connectivity index (χ2n) is 9.32. The molecule has 0 radical (unpaired) electrons. The van der Waals surface area contributed by atoms with Gasteiger partial charge in [-0.1, -0.05) is 78.2 Å². The van der Waals surface area contributed by atoms with Crippen LogP contribution in [0, 0.1) is 0 Å². The maximum atomic E-state index is 13.6. The molecule has 3 aromatic carbocycles. The number of hydrogen-bond acceptors (Lipinski definition) is 10. The van der Waals surface area contributed by atoms with Crippen molar-refractivity contribution in [2.45, 2.75) is 16.1 Å². The number of anilines is 1. The molecule has 2 aliphatic rings. The van der Waals surface area contributed by atoms with Gasteiger partial charge in [-0.15, -0.1) is 10.2 Å². The lowest BCUT2D eigenvalue weighted by Gasteiger charge is -2.23. The number of hydrogen-bond donors (Lipinski definition) is 1. The number of nitrogens with zero attached hydrogens (tertiary/aromatic N) is 3. The smallest absolute Gasteiger partial charge is 0.301 e. The molecule has 1 fully saturated rings. The summed E-state index contributed by atoms with van der Waals surface area (Å²) >= 11 is 2.70. The Kier molecular flexibility index (Phi) is 7.93. The van der Waals surface area contributed by atoms with Gasteiger partial charge < -0.3 is 19.3 Å². The molecule has 1 saturated heterocycles. The number of amides is 1. The average Bonchev–Trinajstić information content (AvgIpc) is 3.60. The third-order valence-corrected chi connectivity index (χ3v) is 8.76. The third-order valence-electron chi connectivity index (χ3n) is 6.63. The number of fused-ring (bicyclic) bond motifs is 1. The van der Waals surface area contributed by atoms with E-state index in [2.05, 4.69) is 16.8 Å². The van der Waals surface area contributed by atoms with E-state index in [1.807, 2.05) is 30.3 Å². The summed E-state index contributed by atoms with van der Waals surface area (Å²) in [5.41, 5.74) is 1.97. The first kappa shape index (κ1) is 27.6. The molecule has 3 heterocycles. The molecule has 0 aliphatic carbocycles. The van der Waals surface area contributed by atoms with E-state index in [1.54, 1.807) is 48.5 Å². The standard InChI is InChI=1S/C31H25N3O6S2/c1-2-14-38-22-11-8-20(9-12-22)26-25(27(35)21-10-13-23-24(17-21)40-16-15-39-23)28(36)29(37)34(26)30-32-33-31(42-30)41-18-19-6-4-3-5-7-19/h2-13,17,26,35H,1,14-16,18H2/b27-25+. The lowest BCUT2D eigenvalue weighted by molar-refractivity contribution is -0.132. The molecule has 0 spiro atoms. The number of aliphatic hydroxyl groups is 1. The molecular formula is C31H25N3O6S2. The molecule has 4 aromatic rings. The van der Waals surface area contributed by atoms with Gasteiger partial charge in [0.25, 0.3) is 5.78 Å². The van der Waals surface area contributed by atoms with Gasteiger partial charge in [0.05, 0.1) is 11.6 Å². The molecule has 0 bridgehead atoms. The Labute approximate surface area is 250 Å². The minimum atomic E-state index is -0.952. The molecule has 1 amide bonds. The van der Waals surface area contributed by atoms with Crippen LogP contribution in [0.4, 0.5) is 5.13 Å². The Hall–Kier alpha value is -4.61. The Balaban J connectivity index is 1.39. The van der Waals surface area contributed by atoms with Gasteiger partial charge in [-0.2, -0.15) is 0 Å². The predicted octanol–water partition coefficient (Wildman–Crippen LogP) is 5.79. The van der Waals surface area contributed by atoms with Crippen LogP contribution in [0.15, 0.2) is 95.4 Å². The highest BCUT2D eigenvalue weighted by atomic mass is 32.2. The molecule has 2 aliphatic heterocycles. The molecule has 1 unspecified atom stereocenters. The van der Waals surface area contributed by atoms with Crippen LogP contribution in [-0.2, 0) is 15.3 Å². The van der Waals surface area contributed by atoms with Crippen molar-refractivity contribution in [3.05, 3.63) is 108 Å². The van der Waals surface area contributed by atoms with E-state index >= 15 is 0 Å². The van der Waals surface area contributed by atoms with Crippen molar-refractivity contribution < 1.29 is 28.9 Å². The van der Waals surface area contributed by atoms with Crippen molar-refractivity contribution in [2.75, 3.05) is 24.7 Å². The molecule has 1 N–H and O–H groups in total. The van der Waals surface area contributed by atoms with Crippen molar-refractivity contribution in [3.8, 4) is 17.2 Å². The number of carbonyl (C=O) groups excluding carboxylic acids is 2. The van der Waals surface area contributed by atoms with E-state index in [0.29, 0.717) is 58.3 Å². The van der Waals surface area contributed by atoms with Crippen LogP contribution in [0.2, 0.25) is 0 Å². The Morgan fingerprint density at radius 1 is 1.05 bits per heavy atom. The minimum Gasteiger partial charge on any atom is -0.507 e. The fourth-order valence-electron chi connectivity index (χ4n) is 4.67. The molecule has 11 heteroatoms. The summed E-state index contributed by atoms with van der Waals surface area (Å²) in [6, 6.07) is 20.9. The number of aromatic nitrogens is 2. The van der Waals surface area contributed by atoms with Crippen molar-refractivity contribution >= 4 is 45.7 Å². The number of rotatable bonds is 9. The van der Waals surface area contributed by atoms with Gasteiger partial charge in [0, 0.05) is 11.3 Å². The molecule has 1 aromatic heterocycles. The summed E-state index contributed by atoms with van der Waals surface area (Å²) in [5, 5.41) is 20.3. The second-order valence-corrected chi connectivity index (χ2v) is 11.5. The molecule has 6 rings (SSSR count). The zero-order valence-electron chi connectivity index (χ0n) is 22.3. The molecule has 1 atom stereocenters. The number of ketones is 1. The van der Waals surface area contributed by atoms with Crippen LogP contribution in [0.5, 0.6) is 17.2 Å². The molecular weight excluding hydrogens is 574 g/mol. The zero-order chi connectivity index (χ0) is 29.1. The van der Waals surface area contributed by atoms with E-state index in [1.165, 1.54) is 28.0 Å². The van der Waals surface area contributed by atoms with Crippen LogP contribution < -0.4 is 19.1 Å². The first-order chi connectivity index (χ1) is 20.5. The van der Waals surface area contributed by atoms with E-state index in [-0.39, 0.29) is 16.5 Å². The Morgan fingerprint density at radius 3 is 2.57 bits per heavy atom. The number of aliphatic hydroxyl groups excluding tert-OH is 1. The van der Waals surface area contributed by atoms with Crippen LogP contribution >= 0.6 is 23.1 Å². The van der Waals surface area contributed by atoms with Crippen LogP contribution in [-0.4, -0.2) is 46.8 Å². The summed E-state index contributed by atoms with van der Waals surface area (Å²) in [6.07, 6.45) is 1.64. The maximum Gasteiger partial charge on any atom is 0.301 e. The quantitative estimate of drug-likeness (QED) is 0.0638. The number of thioether (sulfide) groups is 1. The normalized spacial score (nSPS) is 17.3. The summed E-state index contributed by atoms with van der Waals surface area (Å²) in [6.45, 7) is 4.78. The van der Waals surface area contributed by atoms with Gasteiger partial charge in [0.2, 0.25) is 5.13 Å². The van der Waals surface area contributed by atoms with Gasteiger partial charge in [-0.05, 0) is 41.5 Å². The van der Waals surface area contributed by atoms with Crippen molar-refractivity contribution in [1.29, 1.82) is 0 Å². The van der Waals surface area contributed by atoms with Gasteiger partial charge >= 0.3 is 5.91 Å². The lowest BCUT2D eigenvalue weighted by Crippen LogP contribution is -2.29. The van der Waals surface area contributed by atoms with Crippen molar-refractivity contribution in [3.63, 3.8) is 0 Å². The van der Waals surface area contributed by atoms with E-state index in [9.17, 15) is 14.7 Å². The van der Waals surface area contributed by atoms with Crippen molar-refractivity contribution in [2.24, 2.45) is 0 Å². The van der Waals surface area contributed by atoms with Gasteiger partial charge in [-0.25, -0.2) is 0 Å². The number of ether oxygens (including phenoxy) is 3. The highest BCUT2D eigenvalue weighted by Gasteiger charge is 2.48. The van der Waals surface area contributed by atoms with Gasteiger partial charge in [0.15, 0.2) is 15.8 Å². The monoisotopic (exact) mass is 599 g/mol. The summed E-state index contributed by atoms with van der Waals surface area (Å²) < 4.78 is 17.5. The highest BCUT2D eigenvalue weighted by Crippen LogP contribution is 2.45. The molecule has 212 valence electrons. The SMILES string of the molecule is C=CCOc1ccc(C2/C(=C(\O)c3ccc4c(c3)OCCO4)C(=O)C(=O)N2c2nnc(SCc3ccccc3)s2)cc1. The molecule has 9 nitrogen and oxygen atoms in total. The minimum absolute atomic E-state index is 0.0647. The van der Waals surface area contributed by atoms with Crippen LogP contribution in [0.25, 0.3) is 5.76 Å². The van der Waals surface area contributed by atoms with E-state index in [4.69, 9.17) is 14.2 Å². The second kappa shape index (κ2) is 12.1. The average molecular weight is 600 g/mol. The lowest BCUT2D eigenvalue weighted by atomic mass is 9.95. The Bertz CT molecular complexity index is 1670. The number of carbonyl (C=O) groups is 2. The number of Topliss-reactive ketones (excluding diaryl/α,β-unsaturated/α-hetero) is 1. The van der Waals surface area contributed by atoms with Crippen LogP contribution in [0.1, 0.15) is 22.7 Å². The predicted molar refractivity (Wildman–Crippen MR) is 160 cm³/mol. The third kappa shape index (κ3) is 5.48. The zero-order valence-corrected chi connectivity index (χ0v) is 23.9. The summed E-state index contributed by atoms with van der Waals surface area (Å²) in [5.74, 6) is 0.303. The fraction of sp³-hybridized carbons (Fsp3) is 0.161. The van der Waals surface area contributed by atoms with Gasteiger partial charge in [-0.3, -0.25) is 14.5 Å². The molecule has 42 heavy (non-hydrogen) atoms. The summed E-state index contributed by atoms with van der Waals surface area (Å²) in [4.78, 5) is 28.4. The van der Waals surface area contributed by atoms with Crippen molar-refractivity contribution in [1.82, 2.24) is 10.2 Å².